The van der Waals surface area contributed by atoms with Gasteiger partial charge in [-0.15, -0.1) is 0 Å². The molecule has 0 unspecified atom stereocenters. The van der Waals surface area contributed by atoms with Crippen LogP contribution >= 0.6 is 0 Å². The highest BCUT2D eigenvalue weighted by atomic mass is 16.4. The standard InChI is InChI=1S/C12H16N2O4/c1-8-5-14(6-10(8)11(15)16)12(17)13-4-9-2-3-18-7-9/h2-3,7-8,10H,4-6H2,1H3,(H,13,17)(H,15,16)/t8-,10-/m1/s1. The normalized spacial score (nSPS) is 23.1. The summed E-state index contributed by atoms with van der Waals surface area (Å²) in [6.07, 6.45) is 3.10. The maximum absolute atomic E-state index is 11.8. The Morgan fingerprint density at radius 3 is 2.89 bits per heavy atom. The van der Waals surface area contributed by atoms with Crippen molar-refractivity contribution < 1.29 is 19.1 Å². The topological polar surface area (TPSA) is 82.8 Å². The van der Waals surface area contributed by atoms with Crippen molar-refractivity contribution in [3.05, 3.63) is 24.2 Å². The van der Waals surface area contributed by atoms with Crippen molar-refractivity contribution in [1.82, 2.24) is 10.2 Å². The Morgan fingerprint density at radius 2 is 2.33 bits per heavy atom. The van der Waals surface area contributed by atoms with E-state index in [-0.39, 0.29) is 18.5 Å². The maximum atomic E-state index is 11.8. The molecule has 18 heavy (non-hydrogen) atoms. The Balaban J connectivity index is 1.85. The molecule has 0 aliphatic carbocycles. The Hall–Kier alpha value is -1.98. The van der Waals surface area contributed by atoms with Crippen molar-refractivity contribution in [2.45, 2.75) is 13.5 Å². The highest BCUT2D eigenvalue weighted by Gasteiger charge is 2.36. The predicted molar refractivity (Wildman–Crippen MR) is 62.8 cm³/mol. The molecule has 1 saturated heterocycles. The van der Waals surface area contributed by atoms with Crippen LogP contribution in [0.3, 0.4) is 0 Å². The molecule has 2 rings (SSSR count). The Bertz CT molecular complexity index is 429. The molecule has 6 heteroatoms. The second-order valence-electron chi connectivity index (χ2n) is 4.62. The lowest BCUT2D eigenvalue weighted by atomic mass is 9.99. The Labute approximate surface area is 105 Å². The van der Waals surface area contributed by atoms with Crippen LogP contribution in [0.4, 0.5) is 4.79 Å². The Kier molecular flexibility index (Phi) is 3.55. The third kappa shape index (κ3) is 2.64. The zero-order chi connectivity index (χ0) is 13.1. The summed E-state index contributed by atoms with van der Waals surface area (Å²) >= 11 is 0. The van der Waals surface area contributed by atoms with Crippen molar-refractivity contribution in [1.29, 1.82) is 0 Å². The zero-order valence-corrected chi connectivity index (χ0v) is 10.1. The van der Waals surface area contributed by atoms with Gasteiger partial charge in [0.1, 0.15) is 0 Å². The third-order valence-electron chi connectivity index (χ3n) is 3.24. The molecule has 2 amide bonds. The van der Waals surface area contributed by atoms with Crippen molar-refractivity contribution in [3.63, 3.8) is 0 Å². The summed E-state index contributed by atoms with van der Waals surface area (Å²) in [5, 5.41) is 11.7. The average Bonchev–Trinajstić information content (AvgIpc) is 2.94. The predicted octanol–water partition coefficient (Wildman–Crippen LogP) is 1.14. The van der Waals surface area contributed by atoms with Gasteiger partial charge < -0.3 is 19.7 Å². The lowest BCUT2D eigenvalue weighted by Gasteiger charge is -2.16. The molecule has 0 saturated carbocycles. The highest BCUT2D eigenvalue weighted by molar-refractivity contribution is 5.77. The number of furan rings is 1. The van der Waals surface area contributed by atoms with E-state index >= 15 is 0 Å². The highest BCUT2D eigenvalue weighted by Crippen LogP contribution is 2.23. The smallest absolute Gasteiger partial charge is 0.317 e. The fourth-order valence-electron chi connectivity index (χ4n) is 2.14. The van der Waals surface area contributed by atoms with Crippen molar-refractivity contribution in [2.75, 3.05) is 13.1 Å². The van der Waals surface area contributed by atoms with Gasteiger partial charge in [-0.25, -0.2) is 4.79 Å². The van der Waals surface area contributed by atoms with Gasteiger partial charge in [-0.3, -0.25) is 4.79 Å². The minimum absolute atomic E-state index is 0.0119. The van der Waals surface area contributed by atoms with E-state index in [4.69, 9.17) is 9.52 Å². The van der Waals surface area contributed by atoms with E-state index < -0.39 is 11.9 Å². The first kappa shape index (κ1) is 12.5. The molecule has 1 aliphatic rings. The van der Waals surface area contributed by atoms with Gasteiger partial charge in [-0.1, -0.05) is 6.92 Å². The monoisotopic (exact) mass is 252 g/mol. The van der Waals surface area contributed by atoms with E-state index in [0.29, 0.717) is 13.1 Å². The van der Waals surface area contributed by atoms with E-state index in [0.717, 1.165) is 5.56 Å². The molecule has 0 radical (unpaired) electrons. The van der Waals surface area contributed by atoms with Crippen LogP contribution in [0.5, 0.6) is 0 Å². The average molecular weight is 252 g/mol. The summed E-state index contributed by atoms with van der Waals surface area (Å²) < 4.78 is 4.90. The van der Waals surface area contributed by atoms with Gasteiger partial charge in [0.05, 0.1) is 18.4 Å². The van der Waals surface area contributed by atoms with Gasteiger partial charge in [-0.2, -0.15) is 0 Å². The second kappa shape index (κ2) is 5.12. The number of urea groups is 1. The third-order valence-corrected chi connectivity index (χ3v) is 3.24. The van der Waals surface area contributed by atoms with E-state index in [2.05, 4.69) is 5.32 Å². The number of hydrogen-bond donors (Lipinski definition) is 2. The molecule has 2 N–H and O–H groups in total. The molecule has 0 aromatic carbocycles. The summed E-state index contributed by atoms with van der Waals surface area (Å²) in [7, 11) is 0. The van der Waals surface area contributed by atoms with Crippen LogP contribution in [-0.2, 0) is 11.3 Å². The summed E-state index contributed by atoms with van der Waals surface area (Å²) in [5.41, 5.74) is 0.880. The van der Waals surface area contributed by atoms with Gasteiger partial charge in [-0.05, 0) is 12.0 Å². The van der Waals surface area contributed by atoms with Crippen LogP contribution in [0.15, 0.2) is 23.0 Å². The van der Waals surface area contributed by atoms with Crippen LogP contribution in [0, 0.1) is 11.8 Å². The summed E-state index contributed by atoms with van der Waals surface area (Å²) in [6, 6.07) is 1.54. The van der Waals surface area contributed by atoms with Crippen LogP contribution in [0.1, 0.15) is 12.5 Å². The molecule has 0 spiro atoms. The van der Waals surface area contributed by atoms with Crippen molar-refractivity contribution in [3.8, 4) is 0 Å². The first-order chi connectivity index (χ1) is 8.58. The van der Waals surface area contributed by atoms with Gasteiger partial charge >= 0.3 is 12.0 Å². The van der Waals surface area contributed by atoms with Crippen LogP contribution in [0.25, 0.3) is 0 Å². The second-order valence-corrected chi connectivity index (χ2v) is 4.62. The number of nitrogens with zero attached hydrogens (tertiary/aromatic N) is 1. The number of likely N-dealkylation sites (tertiary alicyclic amines) is 1. The molecule has 2 heterocycles. The quantitative estimate of drug-likeness (QED) is 0.845. The minimum Gasteiger partial charge on any atom is -0.481 e. The molecule has 1 aromatic heterocycles. The summed E-state index contributed by atoms with van der Waals surface area (Å²) in [5.74, 6) is -1.32. The van der Waals surface area contributed by atoms with Crippen molar-refractivity contribution in [2.24, 2.45) is 11.8 Å². The number of rotatable bonds is 3. The van der Waals surface area contributed by atoms with Crippen LogP contribution in [0.2, 0.25) is 0 Å². The summed E-state index contributed by atoms with van der Waals surface area (Å²) in [6.45, 7) is 2.99. The maximum Gasteiger partial charge on any atom is 0.317 e. The lowest BCUT2D eigenvalue weighted by molar-refractivity contribution is -0.142. The molecule has 2 atom stereocenters. The van der Waals surface area contributed by atoms with E-state index in [1.165, 1.54) is 0 Å². The number of amides is 2. The fourth-order valence-corrected chi connectivity index (χ4v) is 2.14. The number of aliphatic carboxylic acids is 1. The molecule has 98 valence electrons. The lowest BCUT2D eigenvalue weighted by Crippen LogP contribution is -2.38. The largest absolute Gasteiger partial charge is 0.481 e. The summed E-state index contributed by atoms with van der Waals surface area (Å²) in [4.78, 5) is 24.3. The van der Waals surface area contributed by atoms with E-state index in [1.54, 1.807) is 23.5 Å². The van der Waals surface area contributed by atoms with Gasteiger partial charge in [0.15, 0.2) is 0 Å². The fraction of sp³-hybridized carbons (Fsp3) is 0.500. The van der Waals surface area contributed by atoms with Gasteiger partial charge in [0.25, 0.3) is 0 Å². The van der Waals surface area contributed by atoms with Crippen LogP contribution in [-0.4, -0.2) is 35.1 Å². The first-order valence-corrected chi connectivity index (χ1v) is 5.84. The number of carboxylic acid groups (broad SMARTS) is 1. The molecule has 6 nitrogen and oxygen atoms in total. The molecule has 1 fully saturated rings. The minimum atomic E-state index is -0.840. The SMILES string of the molecule is C[C@@H]1CN(C(=O)NCc2ccoc2)C[C@H]1C(=O)O. The molecule has 1 aromatic rings. The molecular weight excluding hydrogens is 236 g/mol. The van der Waals surface area contributed by atoms with Gasteiger partial charge in [0.2, 0.25) is 0 Å². The Morgan fingerprint density at radius 1 is 1.56 bits per heavy atom. The number of carbonyl (C=O) groups excluding carboxylic acids is 1. The molecule has 1 aliphatic heterocycles. The van der Waals surface area contributed by atoms with E-state index in [1.807, 2.05) is 6.92 Å². The van der Waals surface area contributed by atoms with Crippen LogP contribution < -0.4 is 5.32 Å². The first-order valence-electron chi connectivity index (χ1n) is 5.84. The zero-order valence-electron chi connectivity index (χ0n) is 10.1. The van der Waals surface area contributed by atoms with Gasteiger partial charge in [0, 0.05) is 25.2 Å². The number of carboxylic acids is 1. The number of nitrogens with one attached hydrogen (secondary N) is 1. The number of carbonyl (C=O) groups is 2. The molecule has 0 bridgehead atoms. The molecular formula is C12H16N2O4. The number of hydrogen-bond acceptors (Lipinski definition) is 3. The van der Waals surface area contributed by atoms with E-state index in [9.17, 15) is 9.59 Å². The van der Waals surface area contributed by atoms with Crippen molar-refractivity contribution >= 4 is 12.0 Å².